The van der Waals surface area contributed by atoms with E-state index in [1.54, 1.807) is 16.8 Å². The van der Waals surface area contributed by atoms with Crippen LogP contribution < -0.4 is 29.3 Å². The van der Waals surface area contributed by atoms with Crippen LogP contribution in [0.25, 0.3) is 22.2 Å². The van der Waals surface area contributed by atoms with E-state index in [9.17, 15) is 18.8 Å². The van der Waals surface area contributed by atoms with Gasteiger partial charge in [0.15, 0.2) is 17.4 Å². The molecule has 3 fully saturated rings. The van der Waals surface area contributed by atoms with Crippen molar-refractivity contribution >= 4 is 60.8 Å². The molecule has 4 aromatic rings. The SMILES string of the molecule is N.N.Nc1nc2c(ncn2[C@@H]2O[C@@H]3COP(=O)(O)O[C@H]4C[C@H](n5ccc6c(N)ncnc65)O[C@@H]4COP(=O)(S)O[C@@H]2C3)c(=O)[nH]1. The molecule has 0 aliphatic carbocycles. The number of phosphoric ester groups is 1. The van der Waals surface area contributed by atoms with E-state index in [2.05, 4.69) is 37.2 Å². The van der Waals surface area contributed by atoms with Gasteiger partial charge >= 0.3 is 14.6 Å². The van der Waals surface area contributed by atoms with Crippen LogP contribution in [-0.2, 0) is 36.7 Å². The Balaban J connectivity index is 0.00000200. The third-order valence-electron chi connectivity index (χ3n) is 7.26. The number of anilines is 2. The Morgan fingerprint density at radius 1 is 0.978 bits per heavy atom. The largest absolute Gasteiger partial charge is 0.472 e. The van der Waals surface area contributed by atoms with E-state index in [0.717, 1.165) is 0 Å². The first-order valence-electron chi connectivity index (χ1n) is 12.9. The second kappa shape index (κ2) is 12.3. The van der Waals surface area contributed by atoms with Gasteiger partial charge < -0.3 is 42.7 Å². The van der Waals surface area contributed by atoms with Gasteiger partial charge in [-0.25, -0.2) is 24.1 Å². The molecule has 0 spiro atoms. The average Bonchev–Trinajstić information content (AvgIpc) is 3.71. The molecule has 0 saturated carbocycles. The number of nitrogens with one attached hydrogen (secondary N) is 1. The quantitative estimate of drug-likeness (QED) is 0.116. The van der Waals surface area contributed by atoms with Crippen molar-refractivity contribution in [2.45, 2.75) is 49.7 Å². The number of aromatic amines is 1. The molecule has 2 unspecified atom stereocenters. The summed E-state index contributed by atoms with van der Waals surface area (Å²) in [7, 11) is -4.67. The third kappa shape index (κ3) is 6.37. The van der Waals surface area contributed by atoms with Crippen LogP contribution in [-0.4, -0.2) is 76.6 Å². The molecule has 7 rings (SSSR count). The fourth-order valence-electron chi connectivity index (χ4n) is 5.40. The summed E-state index contributed by atoms with van der Waals surface area (Å²) in [5, 5.41) is 0.591. The van der Waals surface area contributed by atoms with Crippen LogP contribution in [0.5, 0.6) is 0 Å². The summed E-state index contributed by atoms with van der Waals surface area (Å²) in [4.78, 5) is 41.7. The van der Waals surface area contributed by atoms with Crippen molar-refractivity contribution in [3.63, 3.8) is 0 Å². The lowest BCUT2D eigenvalue weighted by Crippen LogP contribution is -2.29. The number of hydrogen-bond acceptors (Lipinski definition) is 17. The maximum atomic E-state index is 13.4. The molecule has 0 amide bonds. The molecule has 7 heterocycles. The summed E-state index contributed by atoms with van der Waals surface area (Å²) < 4.78 is 63.9. The Hall–Kier alpha value is -2.98. The number of nitrogens with zero attached hydrogens (tertiary/aromatic N) is 6. The maximum Gasteiger partial charge on any atom is 0.472 e. The van der Waals surface area contributed by atoms with E-state index in [-0.39, 0.29) is 54.7 Å². The van der Waals surface area contributed by atoms with E-state index in [1.165, 1.54) is 17.2 Å². The van der Waals surface area contributed by atoms with Crippen molar-refractivity contribution < 1.29 is 41.6 Å². The van der Waals surface area contributed by atoms with Crippen LogP contribution in [0.1, 0.15) is 25.3 Å². The number of nitrogens with two attached hydrogens (primary N) is 2. The number of rotatable bonds is 2. The number of hydrogen-bond donors (Lipinski definition) is 7. The highest BCUT2D eigenvalue weighted by atomic mass is 32.7. The molecule has 24 heteroatoms. The highest BCUT2D eigenvalue weighted by Gasteiger charge is 2.47. The molecular weight excluding hydrogens is 660 g/mol. The Morgan fingerprint density at radius 3 is 2.58 bits per heavy atom. The first-order chi connectivity index (χ1) is 20.5. The number of nitrogen functional groups attached to an aromatic ring is 2. The summed E-state index contributed by atoms with van der Waals surface area (Å²) in [6.07, 6.45) is -1.24. The number of thiol groups is 1. The lowest BCUT2D eigenvalue weighted by molar-refractivity contribution is -0.0605. The fourth-order valence-corrected chi connectivity index (χ4v) is 7.87. The Morgan fingerprint density at radius 2 is 1.78 bits per heavy atom. The van der Waals surface area contributed by atoms with Gasteiger partial charge in [0.1, 0.15) is 42.3 Å². The predicted octanol–water partition coefficient (Wildman–Crippen LogP) is 1.58. The molecule has 0 aromatic carbocycles. The molecule has 0 radical (unpaired) electrons. The van der Waals surface area contributed by atoms with Gasteiger partial charge in [-0.15, -0.1) is 0 Å². The van der Waals surface area contributed by atoms with Crippen LogP contribution in [0.2, 0.25) is 0 Å². The normalized spacial score (nSPS) is 33.8. The minimum atomic E-state index is -4.67. The predicted molar refractivity (Wildman–Crippen MR) is 160 cm³/mol. The van der Waals surface area contributed by atoms with Gasteiger partial charge in [-0.2, -0.15) is 4.98 Å². The molecule has 4 aromatic heterocycles. The van der Waals surface area contributed by atoms with Crippen LogP contribution in [0.4, 0.5) is 11.8 Å². The molecule has 12 N–H and O–H groups in total. The second-order valence-corrected chi connectivity index (χ2v) is 14.3. The number of phosphoric acid groups is 1. The average molecular weight is 692 g/mol. The highest BCUT2D eigenvalue weighted by molar-refractivity contribution is 8.44. The Bertz CT molecular complexity index is 1870. The van der Waals surface area contributed by atoms with Gasteiger partial charge in [0.25, 0.3) is 5.56 Å². The van der Waals surface area contributed by atoms with Gasteiger partial charge in [0.05, 0.1) is 31.0 Å². The molecule has 2 bridgehead atoms. The minimum absolute atomic E-state index is 0. The Labute approximate surface area is 258 Å². The van der Waals surface area contributed by atoms with E-state index < -0.39 is 63.7 Å². The number of imidazole rings is 1. The summed E-state index contributed by atoms with van der Waals surface area (Å²) >= 11 is 4.16. The number of H-pyrrole nitrogens is 1. The molecule has 45 heavy (non-hydrogen) atoms. The molecule has 3 aliphatic heterocycles. The topological polar surface area (TPSA) is 326 Å². The first-order valence-corrected chi connectivity index (χ1v) is 17.1. The van der Waals surface area contributed by atoms with Gasteiger partial charge in [-0.1, -0.05) is 12.2 Å². The lowest BCUT2D eigenvalue weighted by atomic mass is 10.2. The minimum Gasteiger partial charge on any atom is -0.383 e. The van der Waals surface area contributed by atoms with Crippen molar-refractivity contribution in [2.24, 2.45) is 0 Å². The van der Waals surface area contributed by atoms with Gasteiger partial charge in [0, 0.05) is 19.0 Å². The standard InChI is InChI=1S/C21H25N9O10P2S.2H3N/c22-16-10-1-2-29(17(10)25-7-24-16)14-4-11-13(38-14)6-36-42(34,43)40-12-3-9(5-35-41(32,33)39-11)37-20(12)30-8-26-15-18(30)27-21(23)28-19(15)31;;/h1-2,7-9,11-14,20H,3-6H2,(H,32,33)(H,34,43)(H2,22,24,25)(H3,23,27,28,31);2*1H3/t9-,11-,12+,13+,14+,20+,42?;;/m0../s1. The molecule has 3 saturated heterocycles. The van der Waals surface area contributed by atoms with E-state index >= 15 is 0 Å². The number of ether oxygens (including phenoxy) is 2. The van der Waals surface area contributed by atoms with Crippen molar-refractivity contribution in [3.8, 4) is 0 Å². The van der Waals surface area contributed by atoms with Crippen molar-refractivity contribution in [3.05, 3.63) is 35.3 Å². The van der Waals surface area contributed by atoms with E-state index in [4.69, 9.17) is 39.0 Å². The van der Waals surface area contributed by atoms with Crippen LogP contribution in [0.15, 0.2) is 29.7 Å². The van der Waals surface area contributed by atoms with E-state index in [1.807, 2.05) is 0 Å². The highest BCUT2D eigenvalue weighted by Crippen LogP contribution is 2.58. The zero-order valence-electron chi connectivity index (χ0n) is 23.3. The zero-order chi connectivity index (χ0) is 30.1. The van der Waals surface area contributed by atoms with Gasteiger partial charge in [0.2, 0.25) is 5.95 Å². The third-order valence-corrected chi connectivity index (χ3v) is 9.92. The van der Waals surface area contributed by atoms with Gasteiger partial charge in [-0.3, -0.25) is 32.4 Å². The smallest absolute Gasteiger partial charge is 0.383 e. The zero-order valence-corrected chi connectivity index (χ0v) is 26.0. The summed E-state index contributed by atoms with van der Waals surface area (Å²) in [6.45, 7) is -4.89. The molecule has 8 atom stereocenters. The first kappa shape index (κ1) is 33.4. The molecule has 3 aliphatic rings. The summed E-state index contributed by atoms with van der Waals surface area (Å²) in [5.41, 5.74) is 11.6. The van der Waals surface area contributed by atoms with Gasteiger partial charge in [-0.05, 0) is 6.07 Å². The molecule has 246 valence electrons. The summed E-state index contributed by atoms with van der Waals surface area (Å²) in [6, 6.07) is 1.71. The maximum absolute atomic E-state index is 13.4. The molecular formula is C21H31N11O10P2S. The molecule has 21 nitrogen and oxygen atoms in total. The monoisotopic (exact) mass is 691 g/mol. The second-order valence-electron chi connectivity index (χ2n) is 10.1. The van der Waals surface area contributed by atoms with Crippen LogP contribution in [0.3, 0.4) is 0 Å². The van der Waals surface area contributed by atoms with Crippen molar-refractivity contribution in [2.75, 3.05) is 24.7 Å². The van der Waals surface area contributed by atoms with Crippen LogP contribution >= 0.6 is 26.9 Å². The van der Waals surface area contributed by atoms with Crippen molar-refractivity contribution in [1.29, 1.82) is 0 Å². The van der Waals surface area contributed by atoms with Crippen molar-refractivity contribution in [1.82, 2.24) is 46.4 Å². The van der Waals surface area contributed by atoms with E-state index in [0.29, 0.717) is 11.0 Å². The number of fused-ring (bicyclic) bond motifs is 5. The Kier molecular flexibility index (Phi) is 9.14. The summed E-state index contributed by atoms with van der Waals surface area (Å²) in [5.74, 6) is 0.113. The number of aromatic nitrogens is 7. The van der Waals surface area contributed by atoms with Crippen LogP contribution in [0, 0.1) is 0 Å². The lowest BCUT2D eigenvalue weighted by Gasteiger charge is -2.25. The fraction of sp³-hybridized carbons (Fsp3) is 0.476.